The Morgan fingerprint density at radius 3 is 2.61 bits per heavy atom. The van der Waals surface area contributed by atoms with E-state index in [1.807, 2.05) is 18.2 Å². The standard InChI is InChI=1S/C14H16BrN3/c1-2-3-10-4-6-12(7-5-10)18-14-13(16)8-11(15)9-17-14/h4-9H,2-3,16H2,1H3,(H,17,18). The highest BCUT2D eigenvalue weighted by Gasteiger charge is 2.02. The number of halogens is 1. The molecule has 0 atom stereocenters. The van der Waals surface area contributed by atoms with E-state index in [9.17, 15) is 0 Å². The van der Waals surface area contributed by atoms with Crippen LogP contribution >= 0.6 is 15.9 Å². The summed E-state index contributed by atoms with van der Waals surface area (Å²) in [6.07, 6.45) is 4.00. The molecule has 0 saturated heterocycles. The predicted molar refractivity (Wildman–Crippen MR) is 80.1 cm³/mol. The number of benzene rings is 1. The molecular weight excluding hydrogens is 290 g/mol. The fourth-order valence-electron chi connectivity index (χ4n) is 1.74. The second-order valence-corrected chi connectivity index (χ2v) is 5.08. The van der Waals surface area contributed by atoms with Gasteiger partial charge < -0.3 is 11.1 Å². The molecule has 0 radical (unpaired) electrons. The van der Waals surface area contributed by atoms with Crippen LogP contribution in [0.15, 0.2) is 41.0 Å². The zero-order chi connectivity index (χ0) is 13.0. The number of pyridine rings is 1. The second-order valence-electron chi connectivity index (χ2n) is 4.16. The summed E-state index contributed by atoms with van der Waals surface area (Å²) in [5.41, 5.74) is 8.86. The normalized spacial score (nSPS) is 10.3. The van der Waals surface area contributed by atoms with E-state index < -0.39 is 0 Å². The van der Waals surface area contributed by atoms with Gasteiger partial charge in [0, 0.05) is 16.4 Å². The molecule has 0 fully saturated rings. The predicted octanol–water partition coefficient (Wildman–Crippen LogP) is 4.12. The summed E-state index contributed by atoms with van der Waals surface area (Å²) in [5.74, 6) is 0.682. The lowest BCUT2D eigenvalue weighted by atomic mass is 10.1. The molecule has 18 heavy (non-hydrogen) atoms. The van der Waals surface area contributed by atoms with Crippen LogP contribution < -0.4 is 11.1 Å². The molecule has 4 heteroatoms. The van der Waals surface area contributed by atoms with Crippen molar-refractivity contribution in [1.82, 2.24) is 4.98 Å². The zero-order valence-electron chi connectivity index (χ0n) is 10.3. The first kappa shape index (κ1) is 12.9. The third-order valence-corrected chi connectivity index (χ3v) is 3.07. The van der Waals surface area contributed by atoms with Gasteiger partial charge in [-0.25, -0.2) is 4.98 Å². The summed E-state index contributed by atoms with van der Waals surface area (Å²) in [6, 6.07) is 10.2. The summed E-state index contributed by atoms with van der Waals surface area (Å²) >= 11 is 3.34. The van der Waals surface area contributed by atoms with E-state index in [4.69, 9.17) is 5.73 Å². The number of nitrogen functional groups attached to an aromatic ring is 1. The van der Waals surface area contributed by atoms with Crippen molar-refractivity contribution in [2.75, 3.05) is 11.1 Å². The third kappa shape index (κ3) is 3.23. The molecule has 0 unspecified atom stereocenters. The van der Waals surface area contributed by atoms with Gasteiger partial charge in [-0.05, 0) is 46.1 Å². The van der Waals surface area contributed by atoms with E-state index in [1.54, 1.807) is 6.20 Å². The number of nitrogens with zero attached hydrogens (tertiary/aromatic N) is 1. The van der Waals surface area contributed by atoms with Crippen molar-refractivity contribution in [2.24, 2.45) is 0 Å². The first-order chi connectivity index (χ1) is 8.69. The van der Waals surface area contributed by atoms with E-state index in [0.29, 0.717) is 11.5 Å². The lowest BCUT2D eigenvalue weighted by Crippen LogP contribution is -1.99. The highest BCUT2D eigenvalue weighted by Crippen LogP contribution is 2.23. The van der Waals surface area contributed by atoms with Crippen LogP contribution in [0.4, 0.5) is 17.2 Å². The number of anilines is 3. The highest BCUT2D eigenvalue weighted by atomic mass is 79.9. The minimum atomic E-state index is 0.627. The van der Waals surface area contributed by atoms with Gasteiger partial charge in [0.2, 0.25) is 0 Å². The van der Waals surface area contributed by atoms with Crippen LogP contribution in [0, 0.1) is 0 Å². The van der Waals surface area contributed by atoms with E-state index in [2.05, 4.69) is 45.3 Å². The van der Waals surface area contributed by atoms with Gasteiger partial charge in [-0.15, -0.1) is 0 Å². The fraction of sp³-hybridized carbons (Fsp3) is 0.214. The smallest absolute Gasteiger partial charge is 0.153 e. The minimum absolute atomic E-state index is 0.627. The van der Waals surface area contributed by atoms with E-state index >= 15 is 0 Å². The Kier molecular flexibility index (Phi) is 4.20. The first-order valence-corrected chi connectivity index (χ1v) is 6.75. The van der Waals surface area contributed by atoms with Crippen LogP contribution in [0.5, 0.6) is 0 Å². The largest absolute Gasteiger partial charge is 0.396 e. The lowest BCUT2D eigenvalue weighted by Gasteiger charge is -2.09. The summed E-state index contributed by atoms with van der Waals surface area (Å²) in [6.45, 7) is 2.18. The molecule has 1 aromatic heterocycles. The Morgan fingerprint density at radius 1 is 1.28 bits per heavy atom. The number of rotatable bonds is 4. The van der Waals surface area contributed by atoms with E-state index in [1.165, 1.54) is 5.56 Å². The number of hydrogen-bond acceptors (Lipinski definition) is 3. The Bertz CT molecular complexity index is 523. The molecule has 2 aromatic rings. The molecule has 94 valence electrons. The number of aromatic nitrogens is 1. The summed E-state index contributed by atoms with van der Waals surface area (Å²) < 4.78 is 0.879. The molecule has 3 nitrogen and oxygen atoms in total. The first-order valence-electron chi connectivity index (χ1n) is 5.96. The van der Waals surface area contributed by atoms with Crippen molar-refractivity contribution in [3.63, 3.8) is 0 Å². The van der Waals surface area contributed by atoms with Crippen LogP contribution in [0.3, 0.4) is 0 Å². The minimum Gasteiger partial charge on any atom is -0.396 e. The summed E-state index contributed by atoms with van der Waals surface area (Å²) in [4.78, 5) is 4.25. The van der Waals surface area contributed by atoms with Crippen molar-refractivity contribution in [1.29, 1.82) is 0 Å². The Balaban J connectivity index is 2.13. The molecule has 0 amide bonds. The van der Waals surface area contributed by atoms with Gasteiger partial charge in [-0.1, -0.05) is 25.5 Å². The Hall–Kier alpha value is -1.55. The zero-order valence-corrected chi connectivity index (χ0v) is 11.9. The molecule has 1 aromatic carbocycles. The number of hydrogen-bond donors (Lipinski definition) is 2. The summed E-state index contributed by atoms with van der Waals surface area (Å²) in [7, 11) is 0. The molecule has 0 saturated carbocycles. The van der Waals surface area contributed by atoms with Gasteiger partial charge in [-0.2, -0.15) is 0 Å². The van der Waals surface area contributed by atoms with Crippen LogP contribution in [0.1, 0.15) is 18.9 Å². The van der Waals surface area contributed by atoms with Crippen molar-refractivity contribution in [2.45, 2.75) is 19.8 Å². The van der Waals surface area contributed by atoms with Crippen LogP contribution in [0.2, 0.25) is 0 Å². The third-order valence-electron chi connectivity index (χ3n) is 2.64. The second kappa shape index (κ2) is 5.87. The van der Waals surface area contributed by atoms with Crippen molar-refractivity contribution in [3.05, 3.63) is 46.6 Å². The van der Waals surface area contributed by atoms with E-state index in [0.717, 1.165) is 23.0 Å². The maximum atomic E-state index is 5.89. The topological polar surface area (TPSA) is 50.9 Å². The average Bonchev–Trinajstić information content (AvgIpc) is 2.35. The molecule has 0 aliphatic rings. The molecule has 0 aliphatic carbocycles. The van der Waals surface area contributed by atoms with Crippen LogP contribution in [0.25, 0.3) is 0 Å². The van der Waals surface area contributed by atoms with E-state index in [-0.39, 0.29) is 0 Å². The van der Waals surface area contributed by atoms with Gasteiger partial charge >= 0.3 is 0 Å². The van der Waals surface area contributed by atoms with Gasteiger partial charge in [0.05, 0.1) is 5.69 Å². The van der Waals surface area contributed by atoms with Gasteiger partial charge in [-0.3, -0.25) is 0 Å². The summed E-state index contributed by atoms with van der Waals surface area (Å²) in [5, 5.41) is 3.21. The lowest BCUT2D eigenvalue weighted by molar-refractivity contribution is 0.922. The monoisotopic (exact) mass is 305 g/mol. The maximum Gasteiger partial charge on any atom is 0.153 e. The Labute approximate surface area is 116 Å². The average molecular weight is 306 g/mol. The van der Waals surface area contributed by atoms with Gasteiger partial charge in [0.1, 0.15) is 0 Å². The molecule has 0 bridgehead atoms. The molecule has 1 heterocycles. The number of aryl methyl sites for hydroxylation is 1. The van der Waals surface area contributed by atoms with Gasteiger partial charge in [0.25, 0.3) is 0 Å². The molecule has 0 aliphatic heterocycles. The Morgan fingerprint density at radius 2 is 2.00 bits per heavy atom. The molecule has 2 rings (SSSR count). The fourth-order valence-corrected chi connectivity index (χ4v) is 2.09. The van der Waals surface area contributed by atoms with Crippen LogP contribution in [-0.2, 0) is 6.42 Å². The maximum absolute atomic E-state index is 5.89. The molecule has 3 N–H and O–H groups in total. The van der Waals surface area contributed by atoms with Crippen molar-refractivity contribution < 1.29 is 0 Å². The highest BCUT2D eigenvalue weighted by molar-refractivity contribution is 9.10. The quantitative estimate of drug-likeness (QED) is 0.893. The molecular formula is C14H16BrN3. The van der Waals surface area contributed by atoms with Crippen LogP contribution in [-0.4, -0.2) is 4.98 Å². The van der Waals surface area contributed by atoms with Crippen molar-refractivity contribution in [3.8, 4) is 0 Å². The number of nitrogens with one attached hydrogen (secondary N) is 1. The van der Waals surface area contributed by atoms with Crippen molar-refractivity contribution >= 4 is 33.1 Å². The van der Waals surface area contributed by atoms with Gasteiger partial charge in [0.15, 0.2) is 5.82 Å². The number of nitrogens with two attached hydrogens (primary N) is 1. The SMILES string of the molecule is CCCc1ccc(Nc2ncc(Br)cc2N)cc1. The molecule has 0 spiro atoms.